The molecule has 0 amide bonds. The summed E-state index contributed by atoms with van der Waals surface area (Å²) in [6.45, 7) is 8.83. The standard InChI is InChI=1S/C16H24FNO2/c1-5-18(11-12(2)3)10-9-14(19)16-13(17)7-6-8-15(16)20-4/h6-8,12H,5,9-11H2,1-4H3. The van der Waals surface area contributed by atoms with Crippen LogP contribution in [0, 0.1) is 11.7 Å². The van der Waals surface area contributed by atoms with Crippen LogP contribution in [0.2, 0.25) is 0 Å². The first-order valence-electron chi connectivity index (χ1n) is 7.07. The average molecular weight is 281 g/mol. The number of benzene rings is 1. The molecule has 0 aliphatic heterocycles. The summed E-state index contributed by atoms with van der Waals surface area (Å²) in [7, 11) is 1.45. The van der Waals surface area contributed by atoms with Crippen molar-refractivity contribution in [2.24, 2.45) is 5.92 Å². The van der Waals surface area contributed by atoms with Gasteiger partial charge in [0.05, 0.1) is 12.7 Å². The number of halogens is 1. The van der Waals surface area contributed by atoms with Crippen molar-refractivity contribution in [3.05, 3.63) is 29.6 Å². The Balaban J connectivity index is 2.72. The zero-order chi connectivity index (χ0) is 15.1. The van der Waals surface area contributed by atoms with E-state index in [0.29, 0.717) is 24.6 Å². The zero-order valence-electron chi connectivity index (χ0n) is 12.8. The molecule has 0 radical (unpaired) electrons. The molecule has 1 aromatic carbocycles. The van der Waals surface area contributed by atoms with Gasteiger partial charge in [0, 0.05) is 19.5 Å². The van der Waals surface area contributed by atoms with E-state index in [4.69, 9.17) is 4.74 Å². The fraction of sp³-hybridized carbons (Fsp3) is 0.562. The highest BCUT2D eigenvalue weighted by atomic mass is 19.1. The smallest absolute Gasteiger partial charge is 0.170 e. The number of ketones is 1. The van der Waals surface area contributed by atoms with Gasteiger partial charge in [-0.15, -0.1) is 0 Å². The maximum Gasteiger partial charge on any atom is 0.170 e. The van der Waals surface area contributed by atoms with Crippen LogP contribution in [-0.4, -0.2) is 37.4 Å². The molecular formula is C16H24FNO2. The Labute approximate surface area is 120 Å². The zero-order valence-corrected chi connectivity index (χ0v) is 12.8. The van der Waals surface area contributed by atoms with Gasteiger partial charge in [0.15, 0.2) is 5.78 Å². The van der Waals surface area contributed by atoms with E-state index in [0.717, 1.165) is 13.1 Å². The SMILES string of the molecule is CCN(CCC(=O)c1c(F)cccc1OC)CC(C)C. The largest absolute Gasteiger partial charge is 0.496 e. The van der Waals surface area contributed by atoms with Crippen LogP contribution in [0.3, 0.4) is 0 Å². The Kier molecular flexibility index (Phi) is 6.65. The van der Waals surface area contributed by atoms with Crippen LogP contribution >= 0.6 is 0 Å². The lowest BCUT2D eigenvalue weighted by molar-refractivity contribution is 0.0955. The molecule has 1 rings (SSSR count). The van der Waals surface area contributed by atoms with E-state index in [1.54, 1.807) is 12.1 Å². The van der Waals surface area contributed by atoms with Gasteiger partial charge < -0.3 is 9.64 Å². The second-order valence-corrected chi connectivity index (χ2v) is 5.28. The first-order chi connectivity index (χ1) is 9.49. The third-order valence-electron chi connectivity index (χ3n) is 3.20. The number of hydrogen-bond donors (Lipinski definition) is 0. The van der Waals surface area contributed by atoms with Crippen molar-refractivity contribution >= 4 is 5.78 Å². The van der Waals surface area contributed by atoms with Gasteiger partial charge in [-0.2, -0.15) is 0 Å². The van der Waals surface area contributed by atoms with E-state index in [-0.39, 0.29) is 11.3 Å². The van der Waals surface area contributed by atoms with E-state index in [1.165, 1.54) is 13.2 Å². The lowest BCUT2D eigenvalue weighted by atomic mass is 10.1. The Hall–Kier alpha value is -1.42. The van der Waals surface area contributed by atoms with Gasteiger partial charge in [0.2, 0.25) is 0 Å². The van der Waals surface area contributed by atoms with Crippen molar-refractivity contribution in [3.63, 3.8) is 0 Å². The molecule has 112 valence electrons. The van der Waals surface area contributed by atoms with Crippen molar-refractivity contribution in [1.29, 1.82) is 0 Å². The van der Waals surface area contributed by atoms with Crippen molar-refractivity contribution in [2.45, 2.75) is 27.2 Å². The molecule has 0 saturated carbocycles. The Morgan fingerprint density at radius 3 is 2.65 bits per heavy atom. The second-order valence-electron chi connectivity index (χ2n) is 5.28. The minimum absolute atomic E-state index is 0.0654. The summed E-state index contributed by atoms with van der Waals surface area (Å²) >= 11 is 0. The molecule has 0 aliphatic rings. The van der Waals surface area contributed by atoms with Gasteiger partial charge in [-0.3, -0.25) is 4.79 Å². The van der Waals surface area contributed by atoms with Crippen LogP contribution in [-0.2, 0) is 0 Å². The number of Topliss-reactive ketones (excluding diaryl/α,β-unsaturated/α-hetero) is 1. The predicted molar refractivity (Wildman–Crippen MR) is 78.9 cm³/mol. The Bertz CT molecular complexity index is 446. The molecule has 0 spiro atoms. The van der Waals surface area contributed by atoms with Gasteiger partial charge in [0.25, 0.3) is 0 Å². The van der Waals surface area contributed by atoms with Gasteiger partial charge in [-0.05, 0) is 24.6 Å². The van der Waals surface area contributed by atoms with Gasteiger partial charge in [-0.1, -0.05) is 26.8 Å². The number of rotatable bonds is 8. The summed E-state index contributed by atoms with van der Waals surface area (Å²) in [6, 6.07) is 4.45. The second kappa shape index (κ2) is 8.00. The lowest BCUT2D eigenvalue weighted by Crippen LogP contribution is -2.30. The summed E-state index contributed by atoms with van der Waals surface area (Å²) in [5.74, 6) is 0.137. The molecule has 0 unspecified atom stereocenters. The molecule has 0 aliphatic carbocycles. The van der Waals surface area contributed by atoms with E-state index < -0.39 is 5.82 Å². The van der Waals surface area contributed by atoms with Crippen LogP contribution < -0.4 is 4.74 Å². The molecule has 0 bridgehead atoms. The molecule has 0 saturated heterocycles. The maximum absolute atomic E-state index is 13.8. The van der Waals surface area contributed by atoms with Gasteiger partial charge >= 0.3 is 0 Å². The maximum atomic E-state index is 13.8. The monoisotopic (exact) mass is 281 g/mol. The fourth-order valence-electron chi connectivity index (χ4n) is 2.22. The van der Waals surface area contributed by atoms with Crippen LogP contribution in [0.5, 0.6) is 5.75 Å². The number of methoxy groups -OCH3 is 1. The molecule has 0 N–H and O–H groups in total. The summed E-state index contributed by atoms with van der Waals surface area (Å²) in [5.41, 5.74) is 0.0654. The van der Waals surface area contributed by atoms with Crippen molar-refractivity contribution in [2.75, 3.05) is 26.7 Å². The third-order valence-corrected chi connectivity index (χ3v) is 3.20. The number of carbonyl (C=O) groups excluding carboxylic acids is 1. The summed E-state index contributed by atoms with van der Waals surface area (Å²) in [4.78, 5) is 14.4. The molecule has 0 heterocycles. The lowest BCUT2D eigenvalue weighted by Gasteiger charge is -2.22. The van der Waals surface area contributed by atoms with E-state index in [2.05, 4.69) is 25.7 Å². The highest BCUT2D eigenvalue weighted by Gasteiger charge is 2.18. The highest BCUT2D eigenvalue weighted by Crippen LogP contribution is 2.22. The predicted octanol–water partition coefficient (Wildman–Crippen LogP) is 3.39. The number of nitrogens with zero attached hydrogens (tertiary/aromatic N) is 1. The quantitative estimate of drug-likeness (QED) is 0.684. The number of hydrogen-bond acceptors (Lipinski definition) is 3. The molecule has 0 aromatic heterocycles. The van der Waals surface area contributed by atoms with Crippen molar-refractivity contribution in [1.82, 2.24) is 4.90 Å². The minimum atomic E-state index is -0.513. The number of ether oxygens (including phenoxy) is 1. The Morgan fingerprint density at radius 1 is 1.40 bits per heavy atom. The molecular weight excluding hydrogens is 257 g/mol. The Morgan fingerprint density at radius 2 is 2.10 bits per heavy atom. The first kappa shape index (κ1) is 16.6. The van der Waals surface area contributed by atoms with E-state index in [9.17, 15) is 9.18 Å². The van der Waals surface area contributed by atoms with Crippen LogP contribution in [0.25, 0.3) is 0 Å². The van der Waals surface area contributed by atoms with E-state index >= 15 is 0 Å². The van der Waals surface area contributed by atoms with Crippen LogP contribution in [0.4, 0.5) is 4.39 Å². The van der Waals surface area contributed by atoms with Crippen LogP contribution in [0.1, 0.15) is 37.6 Å². The van der Waals surface area contributed by atoms with Crippen molar-refractivity contribution < 1.29 is 13.9 Å². The van der Waals surface area contributed by atoms with Crippen molar-refractivity contribution in [3.8, 4) is 5.75 Å². The number of carbonyl (C=O) groups is 1. The topological polar surface area (TPSA) is 29.5 Å². The van der Waals surface area contributed by atoms with Gasteiger partial charge in [-0.25, -0.2) is 4.39 Å². The van der Waals surface area contributed by atoms with Gasteiger partial charge in [0.1, 0.15) is 11.6 Å². The molecule has 3 nitrogen and oxygen atoms in total. The normalized spacial score (nSPS) is 11.2. The van der Waals surface area contributed by atoms with Crippen LogP contribution in [0.15, 0.2) is 18.2 Å². The highest BCUT2D eigenvalue weighted by molar-refractivity contribution is 5.99. The third kappa shape index (κ3) is 4.60. The summed E-state index contributed by atoms with van der Waals surface area (Å²) < 4.78 is 18.9. The molecule has 1 aromatic rings. The molecule has 0 fully saturated rings. The fourth-order valence-corrected chi connectivity index (χ4v) is 2.22. The molecule has 20 heavy (non-hydrogen) atoms. The average Bonchev–Trinajstić information content (AvgIpc) is 2.42. The first-order valence-corrected chi connectivity index (χ1v) is 7.07. The molecule has 0 atom stereocenters. The summed E-state index contributed by atoms with van der Waals surface area (Å²) in [6.07, 6.45) is 0.303. The minimum Gasteiger partial charge on any atom is -0.496 e. The van der Waals surface area contributed by atoms with E-state index in [1.807, 2.05) is 0 Å². The summed E-state index contributed by atoms with van der Waals surface area (Å²) in [5, 5.41) is 0. The molecule has 4 heteroatoms.